The predicted octanol–water partition coefficient (Wildman–Crippen LogP) is 2.00. The number of aliphatic hydroxyl groups is 1. The van der Waals surface area contributed by atoms with Crippen LogP contribution in [0.5, 0.6) is 0 Å². The fourth-order valence-corrected chi connectivity index (χ4v) is 2.85. The summed E-state index contributed by atoms with van der Waals surface area (Å²) >= 11 is 0. The van der Waals surface area contributed by atoms with Gasteiger partial charge in [-0.3, -0.25) is 0 Å². The summed E-state index contributed by atoms with van der Waals surface area (Å²) in [5.41, 5.74) is -1.10. The highest BCUT2D eigenvalue weighted by molar-refractivity contribution is 14.0. The zero-order valence-electron chi connectivity index (χ0n) is 14.9. The van der Waals surface area contributed by atoms with E-state index in [2.05, 4.69) is 27.4 Å². The molecule has 1 aliphatic heterocycles. The lowest BCUT2D eigenvalue weighted by atomic mass is 10.0. The van der Waals surface area contributed by atoms with Gasteiger partial charge in [0.1, 0.15) is 11.4 Å². The van der Waals surface area contributed by atoms with Crippen molar-refractivity contribution in [3.05, 3.63) is 24.2 Å². The summed E-state index contributed by atoms with van der Waals surface area (Å²) in [4.78, 5) is 6.98. The Morgan fingerprint density at radius 3 is 2.83 bits per heavy atom. The molecule has 0 amide bonds. The van der Waals surface area contributed by atoms with Gasteiger partial charge in [-0.1, -0.05) is 6.92 Å². The minimum Gasteiger partial charge on any atom is -0.466 e. The van der Waals surface area contributed by atoms with Crippen LogP contribution in [0.1, 0.15) is 33.0 Å². The molecule has 7 heteroatoms. The molecule has 0 aromatic carbocycles. The van der Waals surface area contributed by atoms with Gasteiger partial charge in [0.25, 0.3) is 0 Å². The zero-order chi connectivity index (χ0) is 16.7. The smallest absolute Gasteiger partial charge is 0.191 e. The minimum absolute atomic E-state index is 0. The van der Waals surface area contributed by atoms with Crippen molar-refractivity contribution in [1.29, 1.82) is 0 Å². The van der Waals surface area contributed by atoms with Crippen molar-refractivity contribution in [2.45, 2.75) is 32.8 Å². The topological polar surface area (TPSA) is 73.0 Å². The van der Waals surface area contributed by atoms with Gasteiger partial charge in [0.2, 0.25) is 0 Å². The van der Waals surface area contributed by atoms with Crippen LogP contribution >= 0.6 is 24.0 Å². The van der Waals surface area contributed by atoms with Gasteiger partial charge in [0.05, 0.1) is 12.8 Å². The normalized spacial score (nSPS) is 21.2. The van der Waals surface area contributed by atoms with Crippen molar-refractivity contribution in [3.63, 3.8) is 0 Å². The van der Waals surface area contributed by atoms with Gasteiger partial charge in [0, 0.05) is 19.6 Å². The molecule has 2 heterocycles. The van der Waals surface area contributed by atoms with E-state index in [1.54, 1.807) is 25.3 Å². The fourth-order valence-electron chi connectivity index (χ4n) is 2.85. The Morgan fingerprint density at radius 1 is 1.46 bits per heavy atom. The fraction of sp³-hybridized carbons (Fsp3) is 0.706. The second-order valence-electron chi connectivity index (χ2n) is 6.38. The van der Waals surface area contributed by atoms with Crippen LogP contribution in [0.15, 0.2) is 27.8 Å². The van der Waals surface area contributed by atoms with E-state index in [1.165, 1.54) is 13.0 Å². The van der Waals surface area contributed by atoms with Crippen LogP contribution in [-0.4, -0.2) is 55.2 Å². The number of furan rings is 1. The van der Waals surface area contributed by atoms with E-state index in [4.69, 9.17) is 4.42 Å². The molecule has 0 bridgehead atoms. The summed E-state index contributed by atoms with van der Waals surface area (Å²) in [5.74, 6) is 1.94. The van der Waals surface area contributed by atoms with Crippen molar-refractivity contribution in [2.75, 3.05) is 39.3 Å². The molecule has 1 saturated heterocycles. The number of likely N-dealkylation sites (tertiary alicyclic amines) is 1. The minimum atomic E-state index is -1.10. The quantitative estimate of drug-likeness (QED) is 0.337. The Bertz CT molecular complexity index is 491. The Morgan fingerprint density at radius 2 is 2.25 bits per heavy atom. The Balaban J connectivity index is 0.00000288. The van der Waals surface area contributed by atoms with Crippen molar-refractivity contribution >= 4 is 29.9 Å². The third-order valence-electron chi connectivity index (χ3n) is 4.32. The average molecular weight is 450 g/mol. The molecular formula is C17H31IN4O2. The molecular weight excluding hydrogens is 419 g/mol. The third-order valence-corrected chi connectivity index (χ3v) is 4.32. The first-order chi connectivity index (χ1) is 11.0. The summed E-state index contributed by atoms with van der Waals surface area (Å²) in [6, 6.07) is 3.55. The van der Waals surface area contributed by atoms with Crippen LogP contribution in [0.2, 0.25) is 0 Å². The number of hydrogen-bond acceptors (Lipinski definition) is 4. The average Bonchev–Trinajstić information content (AvgIpc) is 3.21. The first-order valence-corrected chi connectivity index (χ1v) is 8.56. The summed E-state index contributed by atoms with van der Waals surface area (Å²) < 4.78 is 5.29. The second kappa shape index (κ2) is 10.2. The highest BCUT2D eigenvalue weighted by atomic mass is 127. The van der Waals surface area contributed by atoms with E-state index in [1.807, 2.05) is 6.92 Å². The van der Waals surface area contributed by atoms with Crippen molar-refractivity contribution in [1.82, 2.24) is 15.5 Å². The number of hydrogen-bond donors (Lipinski definition) is 3. The maximum atomic E-state index is 10.5. The number of aliphatic imine (C=N–C) groups is 1. The highest BCUT2D eigenvalue weighted by Crippen LogP contribution is 2.21. The lowest BCUT2D eigenvalue weighted by molar-refractivity contribution is 0.0437. The number of halogens is 1. The zero-order valence-corrected chi connectivity index (χ0v) is 17.2. The van der Waals surface area contributed by atoms with Crippen molar-refractivity contribution in [2.24, 2.45) is 10.9 Å². The molecule has 2 rings (SSSR count). The molecule has 24 heavy (non-hydrogen) atoms. The van der Waals surface area contributed by atoms with Gasteiger partial charge < -0.3 is 25.1 Å². The van der Waals surface area contributed by atoms with Gasteiger partial charge in [-0.2, -0.15) is 0 Å². The SMILES string of the molecule is CCNC(=NCC(C)(O)c1ccco1)NCC1CCN(CC)C1.I. The first-order valence-electron chi connectivity index (χ1n) is 8.56. The number of nitrogens with zero attached hydrogens (tertiary/aromatic N) is 2. The molecule has 0 spiro atoms. The van der Waals surface area contributed by atoms with Crippen LogP contribution in [0, 0.1) is 5.92 Å². The molecule has 0 aliphatic carbocycles. The molecule has 1 aromatic heterocycles. The predicted molar refractivity (Wildman–Crippen MR) is 108 cm³/mol. The summed E-state index contributed by atoms with van der Waals surface area (Å²) in [6.45, 7) is 11.4. The molecule has 0 saturated carbocycles. The van der Waals surface area contributed by atoms with E-state index in [0.29, 0.717) is 11.7 Å². The summed E-state index contributed by atoms with van der Waals surface area (Å²) in [5, 5.41) is 17.1. The maximum Gasteiger partial charge on any atom is 0.191 e. The molecule has 2 atom stereocenters. The standard InChI is InChI=1S/C17H30N4O2.HI/c1-4-18-16(19-11-14-8-9-21(5-2)12-14)20-13-17(3,22)15-7-6-10-23-15;/h6-7,10,14,22H,4-5,8-9,11-13H2,1-3H3,(H2,18,19,20);1H. The number of rotatable bonds is 7. The van der Waals surface area contributed by atoms with E-state index in [9.17, 15) is 5.11 Å². The number of nitrogens with one attached hydrogen (secondary N) is 2. The van der Waals surface area contributed by atoms with Crippen LogP contribution in [0.3, 0.4) is 0 Å². The van der Waals surface area contributed by atoms with Gasteiger partial charge in [0.15, 0.2) is 5.96 Å². The Hall–Kier alpha value is -0.800. The van der Waals surface area contributed by atoms with Crippen LogP contribution in [-0.2, 0) is 5.60 Å². The molecule has 2 unspecified atom stereocenters. The largest absolute Gasteiger partial charge is 0.466 e. The molecule has 3 N–H and O–H groups in total. The van der Waals surface area contributed by atoms with Gasteiger partial charge in [-0.15, -0.1) is 24.0 Å². The molecule has 1 aliphatic rings. The summed E-state index contributed by atoms with van der Waals surface area (Å²) in [6.07, 6.45) is 2.79. The van der Waals surface area contributed by atoms with Gasteiger partial charge in [-0.25, -0.2) is 4.99 Å². The van der Waals surface area contributed by atoms with Crippen molar-refractivity contribution < 1.29 is 9.52 Å². The van der Waals surface area contributed by atoms with E-state index < -0.39 is 5.60 Å². The van der Waals surface area contributed by atoms with E-state index in [-0.39, 0.29) is 30.5 Å². The lowest BCUT2D eigenvalue weighted by Crippen LogP contribution is -2.41. The van der Waals surface area contributed by atoms with Gasteiger partial charge in [-0.05, 0) is 51.4 Å². The Kier molecular flexibility index (Phi) is 9.07. The highest BCUT2D eigenvalue weighted by Gasteiger charge is 2.26. The van der Waals surface area contributed by atoms with E-state index in [0.717, 1.165) is 32.1 Å². The monoisotopic (exact) mass is 450 g/mol. The summed E-state index contributed by atoms with van der Waals surface area (Å²) in [7, 11) is 0. The second-order valence-corrected chi connectivity index (χ2v) is 6.38. The van der Waals surface area contributed by atoms with Crippen LogP contribution in [0.25, 0.3) is 0 Å². The van der Waals surface area contributed by atoms with Gasteiger partial charge >= 0.3 is 0 Å². The van der Waals surface area contributed by atoms with Crippen LogP contribution in [0.4, 0.5) is 0 Å². The van der Waals surface area contributed by atoms with Crippen molar-refractivity contribution in [3.8, 4) is 0 Å². The van der Waals surface area contributed by atoms with Crippen LogP contribution < -0.4 is 10.6 Å². The molecule has 6 nitrogen and oxygen atoms in total. The number of guanidine groups is 1. The molecule has 138 valence electrons. The third kappa shape index (κ3) is 6.25. The molecule has 0 radical (unpaired) electrons. The Labute approximate surface area is 162 Å². The molecule has 1 fully saturated rings. The molecule has 1 aromatic rings. The van der Waals surface area contributed by atoms with E-state index >= 15 is 0 Å². The lowest BCUT2D eigenvalue weighted by Gasteiger charge is -2.20. The first kappa shape index (κ1) is 21.2. The maximum absolute atomic E-state index is 10.5.